The number of carbonyl (C=O) groups excluding carboxylic acids is 1. The van der Waals surface area contributed by atoms with Crippen LogP contribution in [0.4, 0.5) is 5.69 Å². The van der Waals surface area contributed by atoms with E-state index >= 15 is 0 Å². The molecule has 166 valence electrons. The highest BCUT2D eigenvalue weighted by atomic mass is 79.9. The molecule has 0 aliphatic rings. The zero-order chi connectivity index (χ0) is 23.1. The molecule has 0 saturated heterocycles. The minimum Gasteiger partial charge on any atom is -0.497 e. The number of hydrazone groups is 1. The van der Waals surface area contributed by atoms with Gasteiger partial charge < -0.3 is 4.74 Å². The molecule has 3 rings (SSSR count). The van der Waals surface area contributed by atoms with Crippen LogP contribution in [0.2, 0.25) is 0 Å². The first-order valence-electron chi connectivity index (χ1n) is 9.62. The monoisotopic (exact) mass is 515 g/mol. The van der Waals surface area contributed by atoms with Gasteiger partial charge in [0.05, 0.1) is 23.4 Å². The van der Waals surface area contributed by atoms with Gasteiger partial charge in [-0.25, -0.2) is 13.8 Å². The molecule has 0 aromatic heterocycles. The molecular weight excluding hydrogens is 494 g/mol. The second-order valence-corrected chi connectivity index (χ2v) is 9.54. The summed E-state index contributed by atoms with van der Waals surface area (Å²) in [6.07, 6.45) is 0. The fraction of sp³-hybridized carbons (Fsp3) is 0.130. The lowest BCUT2D eigenvalue weighted by atomic mass is 10.1. The van der Waals surface area contributed by atoms with Crippen molar-refractivity contribution >= 4 is 43.3 Å². The third kappa shape index (κ3) is 5.74. The Kier molecular flexibility index (Phi) is 7.66. The van der Waals surface area contributed by atoms with Crippen molar-refractivity contribution in [2.75, 3.05) is 18.0 Å². The topological polar surface area (TPSA) is 88.1 Å². The number of nitrogens with one attached hydrogen (secondary N) is 1. The van der Waals surface area contributed by atoms with E-state index < -0.39 is 22.5 Å². The van der Waals surface area contributed by atoms with Crippen molar-refractivity contribution in [1.29, 1.82) is 0 Å². The molecule has 0 bridgehead atoms. The number of anilines is 1. The summed E-state index contributed by atoms with van der Waals surface area (Å²) in [5.41, 5.74) is 4.23. The third-order valence-electron chi connectivity index (χ3n) is 4.57. The fourth-order valence-electron chi connectivity index (χ4n) is 2.87. The first-order chi connectivity index (χ1) is 15.3. The molecule has 9 heteroatoms. The Bertz CT molecular complexity index is 1210. The van der Waals surface area contributed by atoms with Gasteiger partial charge in [0.25, 0.3) is 15.9 Å². The van der Waals surface area contributed by atoms with Gasteiger partial charge >= 0.3 is 0 Å². The first kappa shape index (κ1) is 23.5. The van der Waals surface area contributed by atoms with E-state index in [1.165, 1.54) is 19.2 Å². The van der Waals surface area contributed by atoms with E-state index in [-0.39, 0.29) is 4.90 Å². The van der Waals surface area contributed by atoms with Gasteiger partial charge in [-0.05, 0) is 61.0 Å². The molecule has 0 heterocycles. The lowest BCUT2D eigenvalue weighted by Gasteiger charge is -2.23. The van der Waals surface area contributed by atoms with Crippen LogP contribution in [0.1, 0.15) is 12.5 Å². The van der Waals surface area contributed by atoms with Crippen LogP contribution in [-0.2, 0) is 14.8 Å². The van der Waals surface area contributed by atoms with Crippen molar-refractivity contribution in [3.05, 3.63) is 88.9 Å². The van der Waals surface area contributed by atoms with Crippen LogP contribution in [0.15, 0.2) is 93.3 Å². The van der Waals surface area contributed by atoms with E-state index in [9.17, 15) is 13.2 Å². The Morgan fingerprint density at radius 1 is 1.03 bits per heavy atom. The quantitative estimate of drug-likeness (QED) is 0.359. The largest absolute Gasteiger partial charge is 0.497 e. The first-order valence-corrected chi connectivity index (χ1v) is 11.9. The maximum Gasteiger partial charge on any atom is 0.264 e. The van der Waals surface area contributed by atoms with E-state index in [2.05, 4.69) is 26.5 Å². The van der Waals surface area contributed by atoms with Crippen LogP contribution in [-0.4, -0.2) is 33.7 Å². The van der Waals surface area contributed by atoms with Crippen LogP contribution in [0.25, 0.3) is 0 Å². The Morgan fingerprint density at radius 3 is 2.34 bits per heavy atom. The van der Waals surface area contributed by atoms with E-state index in [1.807, 2.05) is 24.3 Å². The number of amides is 1. The molecule has 0 saturated carbocycles. The number of hydrogen-bond donors (Lipinski definition) is 1. The van der Waals surface area contributed by atoms with Crippen molar-refractivity contribution in [1.82, 2.24) is 5.43 Å². The van der Waals surface area contributed by atoms with E-state index in [1.54, 1.807) is 49.4 Å². The summed E-state index contributed by atoms with van der Waals surface area (Å²) >= 11 is 3.40. The van der Waals surface area contributed by atoms with Crippen LogP contribution in [0.5, 0.6) is 5.75 Å². The van der Waals surface area contributed by atoms with Crippen molar-refractivity contribution in [2.45, 2.75) is 11.8 Å². The number of ether oxygens (including phenoxy) is 1. The van der Waals surface area contributed by atoms with Gasteiger partial charge in [0.2, 0.25) is 0 Å². The van der Waals surface area contributed by atoms with Gasteiger partial charge in [0, 0.05) is 4.47 Å². The molecule has 0 unspecified atom stereocenters. The molecule has 0 aliphatic heterocycles. The molecular formula is C23H22BrN3O4S. The van der Waals surface area contributed by atoms with Gasteiger partial charge in [-0.15, -0.1) is 0 Å². The van der Waals surface area contributed by atoms with Crippen molar-refractivity contribution in [3.63, 3.8) is 0 Å². The Labute approximate surface area is 195 Å². The molecule has 32 heavy (non-hydrogen) atoms. The number of nitrogens with zero attached hydrogens (tertiary/aromatic N) is 2. The number of methoxy groups -OCH3 is 1. The van der Waals surface area contributed by atoms with Gasteiger partial charge in [-0.3, -0.25) is 9.10 Å². The molecule has 1 N–H and O–H groups in total. The van der Waals surface area contributed by atoms with Crippen molar-refractivity contribution in [3.8, 4) is 5.75 Å². The fourth-order valence-corrected chi connectivity index (χ4v) is 4.69. The predicted octanol–water partition coefficient (Wildman–Crippen LogP) is 4.19. The molecule has 1 amide bonds. The van der Waals surface area contributed by atoms with E-state index in [0.717, 1.165) is 14.3 Å². The number of halogens is 1. The van der Waals surface area contributed by atoms with E-state index in [0.29, 0.717) is 17.1 Å². The summed E-state index contributed by atoms with van der Waals surface area (Å²) < 4.78 is 33.7. The standard InChI is InChI=1S/C23H22BrN3O4S/c1-17(18-7-6-8-19(24)15-18)25-26-23(28)16-27(20-9-4-3-5-10-20)32(29,30)22-13-11-21(31-2)12-14-22/h3-15H,16H2,1-2H3,(H,26,28)/b25-17-. The number of para-hydroxylation sites is 1. The highest BCUT2D eigenvalue weighted by Crippen LogP contribution is 2.24. The number of rotatable bonds is 8. The third-order valence-corrected chi connectivity index (χ3v) is 6.85. The minimum atomic E-state index is -4.01. The lowest BCUT2D eigenvalue weighted by molar-refractivity contribution is -0.119. The normalized spacial score (nSPS) is 11.7. The zero-order valence-electron chi connectivity index (χ0n) is 17.5. The SMILES string of the molecule is COc1ccc(S(=O)(=O)N(CC(=O)N/N=C(/C)c2cccc(Br)c2)c2ccccc2)cc1. The Morgan fingerprint density at radius 2 is 1.72 bits per heavy atom. The minimum absolute atomic E-state index is 0.0452. The molecule has 3 aromatic rings. The highest BCUT2D eigenvalue weighted by Gasteiger charge is 2.27. The maximum absolute atomic E-state index is 13.3. The number of hydrogen-bond acceptors (Lipinski definition) is 5. The molecule has 0 spiro atoms. The molecule has 0 aliphatic carbocycles. The van der Waals surface area contributed by atoms with Gasteiger partial charge in [-0.2, -0.15) is 5.10 Å². The summed E-state index contributed by atoms with van der Waals surface area (Å²) in [4.78, 5) is 12.7. The number of benzene rings is 3. The van der Waals surface area contributed by atoms with Gasteiger partial charge in [0.1, 0.15) is 12.3 Å². The highest BCUT2D eigenvalue weighted by molar-refractivity contribution is 9.10. The van der Waals surface area contributed by atoms with Crippen LogP contribution < -0.4 is 14.5 Å². The molecule has 7 nitrogen and oxygen atoms in total. The number of sulfonamides is 1. The second-order valence-electron chi connectivity index (χ2n) is 6.77. The zero-order valence-corrected chi connectivity index (χ0v) is 19.9. The maximum atomic E-state index is 13.3. The van der Waals surface area contributed by atoms with Crippen LogP contribution in [0, 0.1) is 0 Å². The molecule has 3 aromatic carbocycles. The average Bonchev–Trinajstić information content (AvgIpc) is 2.81. The van der Waals surface area contributed by atoms with Crippen molar-refractivity contribution < 1.29 is 17.9 Å². The Hall–Kier alpha value is -3.17. The summed E-state index contributed by atoms with van der Waals surface area (Å²) in [5.74, 6) is -0.0365. The van der Waals surface area contributed by atoms with Crippen LogP contribution in [0.3, 0.4) is 0 Å². The number of carbonyl (C=O) groups is 1. The molecule has 0 atom stereocenters. The second kappa shape index (κ2) is 10.4. The summed E-state index contributed by atoms with van der Waals surface area (Å²) in [6, 6.07) is 21.9. The molecule has 0 fully saturated rings. The molecule has 0 radical (unpaired) electrons. The summed E-state index contributed by atoms with van der Waals surface area (Å²) in [5, 5.41) is 4.12. The average molecular weight is 516 g/mol. The van der Waals surface area contributed by atoms with Crippen molar-refractivity contribution in [2.24, 2.45) is 5.10 Å². The van der Waals surface area contributed by atoms with E-state index in [4.69, 9.17) is 4.74 Å². The lowest BCUT2D eigenvalue weighted by Crippen LogP contribution is -2.39. The predicted molar refractivity (Wildman–Crippen MR) is 128 cm³/mol. The van der Waals surface area contributed by atoms with Gasteiger partial charge in [-0.1, -0.05) is 46.3 Å². The van der Waals surface area contributed by atoms with Crippen LogP contribution >= 0.6 is 15.9 Å². The smallest absolute Gasteiger partial charge is 0.264 e. The summed E-state index contributed by atoms with van der Waals surface area (Å²) in [7, 11) is -2.51. The van der Waals surface area contributed by atoms with Gasteiger partial charge in [0.15, 0.2) is 0 Å². The Balaban J connectivity index is 1.85. The summed E-state index contributed by atoms with van der Waals surface area (Å²) in [6.45, 7) is 1.32.